The minimum absolute atomic E-state index is 0.412. The molecule has 0 saturated carbocycles. The third-order valence-corrected chi connectivity index (χ3v) is 3.36. The molecule has 1 heterocycles. The summed E-state index contributed by atoms with van der Waals surface area (Å²) >= 11 is 1.83. The normalized spacial score (nSPS) is 13.7. The molecule has 1 aromatic heterocycles. The Morgan fingerprint density at radius 1 is 1.39 bits per heavy atom. The zero-order chi connectivity index (χ0) is 13.4. The van der Waals surface area contributed by atoms with Crippen molar-refractivity contribution in [3.8, 4) is 0 Å². The Kier molecular flexibility index (Phi) is 6.80. The Morgan fingerprint density at radius 3 is 2.72 bits per heavy atom. The van der Waals surface area contributed by atoms with Crippen LogP contribution in [-0.4, -0.2) is 25.1 Å². The SMILES string of the molecule is CCNC(=NCC(C)Cc1cccs1)NC(C)C. The summed E-state index contributed by atoms with van der Waals surface area (Å²) in [6.45, 7) is 10.4. The maximum Gasteiger partial charge on any atom is 0.191 e. The van der Waals surface area contributed by atoms with Gasteiger partial charge in [-0.25, -0.2) is 0 Å². The highest BCUT2D eigenvalue weighted by Crippen LogP contribution is 2.14. The van der Waals surface area contributed by atoms with E-state index in [1.807, 2.05) is 11.3 Å². The van der Waals surface area contributed by atoms with Gasteiger partial charge < -0.3 is 10.6 Å². The van der Waals surface area contributed by atoms with E-state index < -0.39 is 0 Å². The molecule has 0 aliphatic carbocycles. The molecule has 0 fully saturated rings. The first kappa shape index (κ1) is 15.0. The van der Waals surface area contributed by atoms with Crippen LogP contribution < -0.4 is 10.6 Å². The summed E-state index contributed by atoms with van der Waals surface area (Å²) in [5.74, 6) is 1.50. The van der Waals surface area contributed by atoms with E-state index >= 15 is 0 Å². The van der Waals surface area contributed by atoms with Crippen molar-refractivity contribution in [1.82, 2.24) is 10.6 Å². The Balaban J connectivity index is 2.42. The summed E-state index contributed by atoms with van der Waals surface area (Å²) in [4.78, 5) is 6.08. The molecular formula is C14H25N3S. The van der Waals surface area contributed by atoms with Crippen molar-refractivity contribution in [1.29, 1.82) is 0 Å². The summed E-state index contributed by atoms with van der Waals surface area (Å²) in [7, 11) is 0. The van der Waals surface area contributed by atoms with Gasteiger partial charge in [-0.3, -0.25) is 4.99 Å². The van der Waals surface area contributed by atoms with Crippen molar-refractivity contribution in [2.24, 2.45) is 10.9 Å². The molecule has 1 rings (SSSR count). The van der Waals surface area contributed by atoms with Gasteiger partial charge in [-0.05, 0) is 44.6 Å². The highest BCUT2D eigenvalue weighted by atomic mass is 32.1. The van der Waals surface area contributed by atoms with E-state index in [0.717, 1.165) is 25.5 Å². The second-order valence-electron chi connectivity index (χ2n) is 4.91. The number of thiophene rings is 1. The van der Waals surface area contributed by atoms with Gasteiger partial charge in [0.15, 0.2) is 5.96 Å². The number of nitrogens with one attached hydrogen (secondary N) is 2. The molecule has 1 aromatic rings. The lowest BCUT2D eigenvalue weighted by Crippen LogP contribution is -2.41. The number of guanidine groups is 1. The molecule has 18 heavy (non-hydrogen) atoms. The maximum absolute atomic E-state index is 4.63. The smallest absolute Gasteiger partial charge is 0.191 e. The lowest BCUT2D eigenvalue weighted by molar-refractivity contribution is 0.591. The molecule has 0 spiro atoms. The highest BCUT2D eigenvalue weighted by molar-refractivity contribution is 7.09. The molecular weight excluding hydrogens is 242 g/mol. The van der Waals surface area contributed by atoms with Gasteiger partial charge in [0.1, 0.15) is 0 Å². The maximum atomic E-state index is 4.63. The van der Waals surface area contributed by atoms with E-state index in [9.17, 15) is 0 Å². The molecule has 3 nitrogen and oxygen atoms in total. The summed E-state index contributed by atoms with van der Waals surface area (Å²) in [5, 5.41) is 8.74. The van der Waals surface area contributed by atoms with Gasteiger partial charge in [-0.15, -0.1) is 11.3 Å². The molecule has 0 aromatic carbocycles. The first-order valence-corrected chi connectivity index (χ1v) is 7.57. The zero-order valence-corrected chi connectivity index (χ0v) is 12.7. The van der Waals surface area contributed by atoms with Crippen molar-refractivity contribution in [2.45, 2.75) is 40.2 Å². The number of nitrogens with zero attached hydrogens (tertiary/aromatic N) is 1. The second-order valence-corrected chi connectivity index (χ2v) is 5.94. The fourth-order valence-electron chi connectivity index (χ4n) is 1.68. The standard InChI is InChI=1S/C14H25N3S/c1-5-15-14(17-11(2)3)16-10-12(4)9-13-7-6-8-18-13/h6-8,11-12H,5,9-10H2,1-4H3,(H2,15,16,17). The second kappa shape index (κ2) is 8.14. The van der Waals surface area contributed by atoms with Crippen molar-refractivity contribution in [3.63, 3.8) is 0 Å². The summed E-state index contributed by atoms with van der Waals surface area (Å²) in [6.07, 6.45) is 1.11. The lowest BCUT2D eigenvalue weighted by Gasteiger charge is -2.15. The van der Waals surface area contributed by atoms with E-state index in [1.165, 1.54) is 4.88 Å². The minimum atomic E-state index is 0.412. The fraction of sp³-hybridized carbons (Fsp3) is 0.643. The summed E-state index contributed by atoms with van der Waals surface area (Å²) < 4.78 is 0. The van der Waals surface area contributed by atoms with Gasteiger partial charge in [0.05, 0.1) is 0 Å². The molecule has 102 valence electrons. The van der Waals surface area contributed by atoms with Crippen LogP contribution in [0, 0.1) is 5.92 Å². The third-order valence-electron chi connectivity index (χ3n) is 2.46. The topological polar surface area (TPSA) is 36.4 Å². The Bertz CT molecular complexity index is 344. The molecule has 4 heteroatoms. The van der Waals surface area contributed by atoms with Crippen LogP contribution in [0.25, 0.3) is 0 Å². The molecule has 0 radical (unpaired) electrons. The van der Waals surface area contributed by atoms with Crippen molar-refractivity contribution >= 4 is 17.3 Å². The van der Waals surface area contributed by atoms with Crippen LogP contribution in [0.1, 0.15) is 32.6 Å². The average Bonchev–Trinajstić information content (AvgIpc) is 2.78. The molecule has 0 bridgehead atoms. The van der Waals surface area contributed by atoms with Crippen molar-refractivity contribution in [2.75, 3.05) is 13.1 Å². The van der Waals surface area contributed by atoms with Gasteiger partial charge in [0.25, 0.3) is 0 Å². The van der Waals surface area contributed by atoms with Gasteiger partial charge in [-0.1, -0.05) is 13.0 Å². The van der Waals surface area contributed by atoms with Crippen LogP contribution in [0.15, 0.2) is 22.5 Å². The zero-order valence-electron chi connectivity index (χ0n) is 11.9. The number of rotatable bonds is 6. The van der Waals surface area contributed by atoms with Gasteiger partial charge in [0, 0.05) is 24.0 Å². The highest BCUT2D eigenvalue weighted by Gasteiger charge is 2.05. The van der Waals surface area contributed by atoms with E-state index in [0.29, 0.717) is 12.0 Å². The Labute approximate surface area is 115 Å². The Morgan fingerprint density at radius 2 is 2.17 bits per heavy atom. The van der Waals surface area contributed by atoms with Crippen molar-refractivity contribution in [3.05, 3.63) is 22.4 Å². The fourth-order valence-corrected chi connectivity index (χ4v) is 2.55. The number of hydrogen-bond donors (Lipinski definition) is 2. The van der Waals surface area contributed by atoms with Crippen LogP contribution in [0.4, 0.5) is 0 Å². The molecule has 1 unspecified atom stereocenters. The minimum Gasteiger partial charge on any atom is -0.357 e. The molecule has 0 amide bonds. The van der Waals surface area contributed by atoms with Crippen LogP contribution in [0.5, 0.6) is 0 Å². The number of aliphatic imine (C=N–C) groups is 1. The van der Waals surface area contributed by atoms with Gasteiger partial charge in [-0.2, -0.15) is 0 Å². The first-order chi connectivity index (χ1) is 8.61. The predicted molar refractivity (Wildman–Crippen MR) is 81.4 cm³/mol. The molecule has 0 aliphatic heterocycles. The summed E-state index contributed by atoms with van der Waals surface area (Å²) in [5.41, 5.74) is 0. The van der Waals surface area contributed by atoms with Gasteiger partial charge >= 0.3 is 0 Å². The molecule has 0 saturated heterocycles. The Hall–Kier alpha value is -1.03. The molecule has 0 aliphatic rings. The quantitative estimate of drug-likeness (QED) is 0.614. The van der Waals surface area contributed by atoms with Gasteiger partial charge in [0.2, 0.25) is 0 Å². The van der Waals surface area contributed by atoms with E-state index in [1.54, 1.807) is 0 Å². The van der Waals surface area contributed by atoms with Crippen molar-refractivity contribution < 1.29 is 0 Å². The third kappa shape index (κ3) is 6.05. The van der Waals surface area contributed by atoms with Crippen LogP contribution in [0.2, 0.25) is 0 Å². The van der Waals surface area contributed by atoms with Crippen LogP contribution in [-0.2, 0) is 6.42 Å². The van der Waals surface area contributed by atoms with Crippen LogP contribution >= 0.6 is 11.3 Å². The molecule has 2 N–H and O–H groups in total. The summed E-state index contributed by atoms with van der Waals surface area (Å²) in [6, 6.07) is 4.72. The van der Waals surface area contributed by atoms with E-state index in [-0.39, 0.29) is 0 Å². The largest absolute Gasteiger partial charge is 0.357 e. The monoisotopic (exact) mass is 267 g/mol. The average molecular weight is 267 g/mol. The first-order valence-electron chi connectivity index (χ1n) is 6.69. The lowest BCUT2D eigenvalue weighted by atomic mass is 10.1. The number of hydrogen-bond acceptors (Lipinski definition) is 2. The van der Waals surface area contributed by atoms with E-state index in [2.05, 4.69) is 60.8 Å². The molecule has 1 atom stereocenters. The van der Waals surface area contributed by atoms with Crippen LogP contribution in [0.3, 0.4) is 0 Å². The predicted octanol–water partition coefficient (Wildman–Crippen LogP) is 2.89. The van der Waals surface area contributed by atoms with E-state index in [4.69, 9.17) is 0 Å².